The van der Waals surface area contributed by atoms with Crippen LogP contribution < -0.4 is 15.8 Å². The van der Waals surface area contributed by atoms with Gasteiger partial charge in [0.2, 0.25) is 6.04 Å². The molecule has 0 aliphatic rings. The fraction of sp³-hybridized carbons (Fsp3) is 0.417. The lowest BCUT2D eigenvalue weighted by atomic mass is 10.2. The summed E-state index contributed by atoms with van der Waals surface area (Å²) in [6.07, 6.45) is -13.2. The van der Waals surface area contributed by atoms with Crippen molar-refractivity contribution in [2.75, 3.05) is 5.73 Å². The fourth-order valence-electron chi connectivity index (χ4n) is 1.46. The van der Waals surface area contributed by atoms with Crippen molar-refractivity contribution in [3.8, 4) is 5.75 Å². The van der Waals surface area contributed by atoms with Crippen LogP contribution in [0.25, 0.3) is 0 Å². The van der Waals surface area contributed by atoms with E-state index in [0.717, 1.165) is 30.4 Å². The van der Waals surface area contributed by atoms with E-state index in [4.69, 9.17) is 10.5 Å². The third-order valence-electron chi connectivity index (χ3n) is 2.59. The van der Waals surface area contributed by atoms with E-state index < -0.39 is 36.2 Å². The maximum atomic E-state index is 13.0. The predicted octanol–water partition coefficient (Wildman–Crippen LogP) is 2.78. The standard InChI is InChI=1S/C12H11F7N2O2/c1-5(23-8-4-6(13)2-3-7(8)20)9(22)21-10(11(14,15)16)12(17,18)19/h2-5,10H,20H2,1H3,(H,21,22). The normalized spacial score (nSPS) is 13.8. The summed E-state index contributed by atoms with van der Waals surface area (Å²) >= 11 is 0. The Labute approximate surface area is 125 Å². The number of alkyl halides is 6. The molecular formula is C12H11F7N2O2. The molecule has 0 spiro atoms. The molecule has 0 saturated carbocycles. The number of rotatable bonds is 4. The van der Waals surface area contributed by atoms with Gasteiger partial charge in [0.25, 0.3) is 5.91 Å². The Morgan fingerprint density at radius 2 is 1.70 bits per heavy atom. The van der Waals surface area contributed by atoms with Crippen molar-refractivity contribution < 1.29 is 40.3 Å². The quantitative estimate of drug-likeness (QED) is 0.650. The van der Waals surface area contributed by atoms with Crippen molar-refractivity contribution in [3.05, 3.63) is 24.0 Å². The Bertz CT molecular complexity index is 558. The lowest BCUT2D eigenvalue weighted by molar-refractivity contribution is -0.258. The molecular weight excluding hydrogens is 337 g/mol. The highest BCUT2D eigenvalue weighted by atomic mass is 19.4. The van der Waals surface area contributed by atoms with Gasteiger partial charge in [-0.3, -0.25) is 4.79 Å². The highest BCUT2D eigenvalue weighted by Gasteiger charge is 2.57. The Morgan fingerprint density at radius 3 is 2.17 bits per heavy atom. The first-order valence-electron chi connectivity index (χ1n) is 5.98. The number of ether oxygens (including phenoxy) is 1. The van der Waals surface area contributed by atoms with Crippen molar-refractivity contribution in [1.82, 2.24) is 5.32 Å². The molecule has 1 atom stereocenters. The molecule has 0 aromatic heterocycles. The Balaban J connectivity index is 2.86. The fourth-order valence-corrected chi connectivity index (χ4v) is 1.46. The zero-order valence-corrected chi connectivity index (χ0v) is 11.4. The van der Waals surface area contributed by atoms with Gasteiger partial charge in [0.1, 0.15) is 11.6 Å². The van der Waals surface area contributed by atoms with Gasteiger partial charge in [-0.05, 0) is 19.1 Å². The van der Waals surface area contributed by atoms with Crippen LogP contribution in [0.1, 0.15) is 6.92 Å². The van der Waals surface area contributed by atoms with E-state index in [9.17, 15) is 35.5 Å². The van der Waals surface area contributed by atoms with E-state index in [1.54, 1.807) is 0 Å². The molecule has 0 aliphatic carbocycles. The summed E-state index contributed by atoms with van der Waals surface area (Å²) in [5.74, 6) is -2.89. The highest BCUT2D eigenvalue weighted by Crippen LogP contribution is 2.33. The summed E-state index contributed by atoms with van der Waals surface area (Å²) in [6, 6.07) is -1.29. The number of amides is 1. The van der Waals surface area contributed by atoms with Gasteiger partial charge in [0, 0.05) is 6.07 Å². The van der Waals surface area contributed by atoms with Crippen LogP contribution in [-0.2, 0) is 4.79 Å². The monoisotopic (exact) mass is 348 g/mol. The first kappa shape index (κ1) is 18.8. The first-order valence-corrected chi connectivity index (χ1v) is 5.98. The minimum Gasteiger partial charge on any atom is -0.479 e. The van der Waals surface area contributed by atoms with Gasteiger partial charge in [-0.1, -0.05) is 0 Å². The first-order chi connectivity index (χ1) is 10.3. The molecule has 1 aromatic rings. The highest BCUT2D eigenvalue weighted by molar-refractivity contribution is 5.81. The Kier molecular flexibility index (Phi) is 5.33. The van der Waals surface area contributed by atoms with Gasteiger partial charge < -0.3 is 15.8 Å². The zero-order valence-electron chi connectivity index (χ0n) is 11.4. The molecule has 4 nitrogen and oxygen atoms in total. The average molecular weight is 348 g/mol. The van der Waals surface area contributed by atoms with Crippen LogP contribution in [0.15, 0.2) is 18.2 Å². The number of carbonyl (C=O) groups is 1. The Morgan fingerprint density at radius 1 is 1.17 bits per heavy atom. The molecule has 0 radical (unpaired) electrons. The Hall–Kier alpha value is -2.20. The minimum absolute atomic E-state index is 0.144. The number of nitrogen functional groups attached to an aromatic ring is 1. The number of anilines is 1. The lowest BCUT2D eigenvalue weighted by Gasteiger charge is -2.25. The second-order valence-corrected chi connectivity index (χ2v) is 4.47. The van der Waals surface area contributed by atoms with Crippen LogP contribution in [0.4, 0.5) is 36.4 Å². The largest absolute Gasteiger partial charge is 0.479 e. The van der Waals surface area contributed by atoms with Crippen LogP contribution in [0, 0.1) is 5.82 Å². The van der Waals surface area contributed by atoms with Gasteiger partial charge in [-0.15, -0.1) is 0 Å². The zero-order chi connectivity index (χ0) is 18.0. The van der Waals surface area contributed by atoms with Gasteiger partial charge in [0.15, 0.2) is 6.10 Å². The molecule has 130 valence electrons. The maximum absolute atomic E-state index is 13.0. The maximum Gasteiger partial charge on any atom is 0.417 e. The number of halogens is 7. The second-order valence-electron chi connectivity index (χ2n) is 4.47. The van der Waals surface area contributed by atoms with Crippen LogP contribution in [0.2, 0.25) is 0 Å². The molecule has 1 aromatic carbocycles. The van der Waals surface area contributed by atoms with Crippen molar-refractivity contribution in [1.29, 1.82) is 0 Å². The summed E-state index contributed by atoms with van der Waals surface area (Å²) in [7, 11) is 0. The van der Waals surface area contributed by atoms with E-state index >= 15 is 0 Å². The van der Waals surface area contributed by atoms with Gasteiger partial charge in [-0.25, -0.2) is 4.39 Å². The molecule has 0 bridgehead atoms. The number of hydrogen-bond donors (Lipinski definition) is 2. The summed E-state index contributed by atoms with van der Waals surface area (Å²) in [6.45, 7) is 0.892. The van der Waals surface area contributed by atoms with Crippen LogP contribution >= 0.6 is 0 Å². The molecule has 0 fully saturated rings. The second kappa shape index (κ2) is 6.50. The van der Waals surface area contributed by atoms with Gasteiger partial charge >= 0.3 is 12.4 Å². The summed E-state index contributed by atoms with van der Waals surface area (Å²) < 4.78 is 91.8. The van der Waals surface area contributed by atoms with Gasteiger partial charge in [-0.2, -0.15) is 26.3 Å². The van der Waals surface area contributed by atoms with Crippen LogP contribution in [0.5, 0.6) is 5.75 Å². The number of nitrogens with one attached hydrogen (secondary N) is 1. The van der Waals surface area contributed by atoms with E-state index in [1.807, 2.05) is 0 Å². The summed E-state index contributed by atoms with van der Waals surface area (Å²) in [5, 5.41) is 0.803. The molecule has 1 amide bonds. The van der Waals surface area contributed by atoms with E-state index in [-0.39, 0.29) is 11.4 Å². The topological polar surface area (TPSA) is 64.3 Å². The SMILES string of the molecule is CC(Oc1cc(F)ccc1N)C(=O)NC(C(F)(F)F)C(F)(F)F. The number of nitrogens with two attached hydrogens (primary N) is 1. The molecule has 0 aliphatic heterocycles. The van der Waals surface area contributed by atoms with Crippen molar-refractivity contribution in [2.24, 2.45) is 0 Å². The molecule has 1 unspecified atom stereocenters. The smallest absolute Gasteiger partial charge is 0.417 e. The molecule has 0 heterocycles. The third-order valence-corrected chi connectivity index (χ3v) is 2.59. The number of carbonyl (C=O) groups excluding carboxylic acids is 1. The van der Waals surface area contributed by atoms with Crippen molar-refractivity contribution >= 4 is 11.6 Å². The van der Waals surface area contributed by atoms with Crippen molar-refractivity contribution in [3.63, 3.8) is 0 Å². The van der Waals surface area contributed by atoms with E-state index in [2.05, 4.69) is 0 Å². The van der Waals surface area contributed by atoms with Crippen molar-refractivity contribution in [2.45, 2.75) is 31.4 Å². The number of benzene rings is 1. The summed E-state index contributed by atoms with van der Waals surface area (Å²) in [5.41, 5.74) is 5.25. The molecule has 23 heavy (non-hydrogen) atoms. The molecule has 3 N–H and O–H groups in total. The summed E-state index contributed by atoms with van der Waals surface area (Å²) in [4.78, 5) is 11.5. The van der Waals surface area contributed by atoms with E-state index in [0.29, 0.717) is 0 Å². The van der Waals surface area contributed by atoms with Gasteiger partial charge in [0.05, 0.1) is 5.69 Å². The third kappa shape index (κ3) is 5.18. The minimum atomic E-state index is -5.73. The average Bonchev–Trinajstić information content (AvgIpc) is 2.37. The van der Waals surface area contributed by atoms with Crippen LogP contribution in [-0.4, -0.2) is 30.4 Å². The lowest BCUT2D eigenvalue weighted by Crippen LogP contribution is -2.56. The molecule has 1 rings (SSSR count). The molecule has 0 saturated heterocycles. The van der Waals surface area contributed by atoms with E-state index in [1.165, 1.54) is 0 Å². The number of hydrogen-bond acceptors (Lipinski definition) is 3. The van der Waals surface area contributed by atoms with Crippen LogP contribution in [0.3, 0.4) is 0 Å². The predicted molar refractivity (Wildman–Crippen MR) is 64.9 cm³/mol. The molecule has 11 heteroatoms.